The number of rotatable bonds is 23. The summed E-state index contributed by atoms with van der Waals surface area (Å²) in [6.07, 6.45) is 30.5. The fraction of sp³-hybridized carbons (Fsp3) is 0.909. The molecule has 4 atom stereocenters. The van der Waals surface area contributed by atoms with Crippen molar-refractivity contribution in [2.24, 2.45) is 110 Å². The molecular weight excluding hydrogens is 1310 g/mol. The third-order valence-electron chi connectivity index (χ3n) is 28.3. The predicted octanol–water partition coefficient (Wildman–Crippen LogP) is 21.7. The van der Waals surface area contributed by atoms with E-state index in [1.165, 1.54) is 96.3 Å². The number of fused-ring (bicyclic) bond motifs is 2. The number of hydrogen-bond donors (Lipinski definition) is 0. The maximum Gasteiger partial charge on any atom is 0.344 e. The van der Waals surface area contributed by atoms with Crippen LogP contribution in [-0.4, -0.2) is 96.1 Å². The molecular formula is C88H160O16. The molecule has 0 N–H and O–H groups in total. The lowest BCUT2D eigenvalue weighted by atomic mass is 9.49. The van der Waals surface area contributed by atoms with Gasteiger partial charge in [-0.05, 0) is 326 Å². The molecule has 0 spiro atoms. The van der Waals surface area contributed by atoms with Crippen LogP contribution < -0.4 is 0 Å². The van der Waals surface area contributed by atoms with Crippen molar-refractivity contribution >= 4 is 47.8 Å². The molecule has 16 heteroatoms. The molecule has 0 heterocycles. The lowest BCUT2D eigenvalue weighted by Gasteiger charge is -2.60. The number of hydrogen-bond acceptors (Lipinski definition) is 16. The lowest BCUT2D eigenvalue weighted by molar-refractivity contribution is -0.214. The fourth-order valence-corrected chi connectivity index (χ4v) is 20.6. The number of carbonyl (C=O) groups excluding carboxylic acids is 8. The summed E-state index contributed by atoms with van der Waals surface area (Å²) >= 11 is 0. The quantitative estimate of drug-likeness (QED) is 0.0688. The zero-order chi connectivity index (χ0) is 70.1. The van der Waals surface area contributed by atoms with Crippen LogP contribution in [-0.2, 0) is 76.3 Å². The highest BCUT2D eigenvalue weighted by Gasteiger charge is 2.61. The van der Waals surface area contributed by atoms with Crippen molar-refractivity contribution in [1.29, 1.82) is 0 Å². The molecule has 4 unspecified atom stereocenters. The van der Waals surface area contributed by atoms with E-state index in [0.29, 0.717) is 54.3 Å². The summed E-state index contributed by atoms with van der Waals surface area (Å²) in [7, 11) is 0. The van der Waals surface area contributed by atoms with E-state index in [-0.39, 0.29) is 174 Å². The Hall–Kier alpha value is -4.24. The minimum absolute atomic E-state index is 0. The minimum Gasteiger partial charge on any atom is -0.465 e. The number of carbonyl (C=O) groups is 8. The van der Waals surface area contributed by atoms with Gasteiger partial charge < -0.3 is 37.9 Å². The highest BCUT2D eigenvalue weighted by molar-refractivity contribution is 5.81. The van der Waals surface area contributed by atoms with Crippen LogP contribution in [0.15, 0.2) is 0 Å². The topological polar surface area (TPSA) is 210 Å². The largest absolute Gasteiger partial charge is 0.465 e. The number of ether oxygens (including phenoxy) is 8. The zero-order valence-corrected chi connectivity index (χ0v) is 62.4. The first-order valence-electron chi connectivity index (χ1n) is 38.7. The summed E-state index contributed by atoms with van der Waals surface area (Å²) < 4.78 is 45.5. The molecule has 15 fully saturated rings. The van der Waals surface area contributed by atoms with Crippen LogP contribution in [0.5, 0.6) is 0 Å². The van der Waals surface area contributed by atoms with Crippen LogP contribution in [0.1, 0.15) is 356 Å². The van der Waals surface area contributed by atoms with Crippen molar-refractivity contribution < 1.29 is 76.3 Å². The summed E-state index contributed by atoms with van der Waals surface area (Å²) in [6, 6.07) is 0. The molecule has 104 heavy (non-hydrogen) atoms. The van der Waals surface area contributed by atoms with Gasteiger partial charge in [-0.15, -0.1) is 0 Å². The Bertz CT molecular complexity index is 2680. The van der Waals surface area contributed by atoms with Crippen LogP contribution in [0.4, 0.5) is 0 Å². The molecule has 15 aliphatic rings. The standard InChI is InChI=1S/C21H34O4.2C20H32O4.C19H30O4.8CH4/c1-5-20(3,4)19(23)24-17-13-14-11-15(17)16(12-14)18(22)25-21(6-2)9-7-8-10-21;1-5-19(2,3)18(22)23-7-6-17(21)24-20(4)15-9-13-8-14(11-15)12-16(20)10-13;1-5-19(3,4)18(22)23-12-17(21)24-20(6-2)15-8-13-7-14(10-15)11-16(20)9-13;1-5-18(2,3)17(21)22-11-16(20)23-19(4)14-7-12-6-13(9-14)10-15(19)8-12;;;;;;;;/h14-17H,5-13H2,1-4H3;2*13-16H,5-12H2,1-4H3;12-15H,5-11H2,1-4H3;8*1H4. The minimum atomic E-state index is -0.550. The first kappa shape index (κ1) is 97.8. The molecule has 608 valence electrons. The second kappa shape index (κ2) is 38.9. The Morgan fingerprint density at radius 3 is 1.03 bits per heavy atom. The fourth-order valence-electron chi connectivity index (χ4n) is 20.6. The highest BCUT2D eigenvalue weighted by atomic mass is 16.6. The van der Waals surface area contributed by atoms with Gasteiger partial charge in [-0.2, -0.15) is 0 Å². The molecule has 0 aromatic heterocycles. The highest BCUT2D eigenvalue weighted by Crippen LogP contribution is 2.63. The van der Waals surface area contributed by atoms with Gasteiger partial charge in [-0.25, -0.2) is 9.59 Å². The van der Waals surface area contributed by atoms with Gasteiger partial charge in [-0.3, -0.25) is 28.8 Å². The van der Waals surface area contributed by atoms with E-state index in [0.717, 1.165) is 106 Å². The van der Waals surface area contributed by atoms with Crippen molar-refractivity contribution in [3.63, 3.8) is 0 Å². The maximum atomic E-state index is 12.9. The average Bonchev–Trinajstić information content (AvgIpc) is 1.00. The predicted molar refractivity (Wildman–Crippen MR) is 419 cm³/mol. The van der Waals surface area contributed by atoms with Gasteiger partial charge in [0.1, 0.15) is 35.1 Å². The molecule has 15 saturated carbocycles. The average molecular weight is 1470 g/mol. The summed E-state index contributed by atoms with van der Waals surface area (Å²) in [5, 5.41) is 0. The van der Waals surface area contributed by atoms with Gasteiger partial charge in [0.05, 0.1) is 34.0 Å². The molecule has 0 aromatic carbocycles. The van der Waals surface area contributed by atoms with Gasteiger partial charge in [0.2, 0.25) is 0 Å². The van der Waals surface area contributed by atoms with Crippen molar-refractivity contribution in [3.8, 4) is 0 Å². The van der Waals surface area contributed by atoms with E-state index in [9.17, 15) is 38.4 Å². The Labute approximate surface area is 636 Å². The smallest absolute Gasteiger partial charge is 0.344 e. The third kappa shape index (κ3) is 21.4. The molecule has 16 nitrogen and oxygen atoms in total. The van der Waals surface area contributed by atoms with Crippen molar-refractivity contribution in [3.05, 3.63) is 0 Å². The first-order chi connectivity index (χ1) is 45.1. The van der Waals surface area contributed by atoms with Crippen LogP contribution in [0.25, 0.3) is 0 Å². The molecule has 0 aromatic rings. The summed E-state index contributed by atoms with van der Waals surface area (Å²) in [6.45, 7) is 30.9. The van der Waals surface area contributed by atoms with Crippen LogP contribution in [0, 0.1) is 110 Å². The molecule has 14 bridgehead atoms. The van der Waals surface area contributed by atoms with Gasteiger partial charge in [-0.1, -0.05) is 101 Å². The van der Waals surface area contributed by atoms with Gasteiger partial charge in [0, 0.05) is 5.92 Å². The Morgan fingerprint density at radius 1 is 0.356 bits per heavy atom. The van der Waals surface area contributed by atoms with E-state index in [2.05, 4.69) is 27.7 Å². The monoisotopic (exact) mass is 1470 g/mol. The first-order valence-corrected chi connectivity index (χ1v) is 38.7. The maximum absolute atomic E-state index is 12.9. The van der Waals surface area contributed by atoms with Gasteiger partial charge in [0.25, 0.3) is 0 Å². The van der Waals surface area contributed by atoms with Crippen molar-refractivity contribution in [2.75, 3.05) is 19.8 Å². The second-order valence-corrected chi connectivity index (χ2v) is 36.0. The molecule has 0 aliphatic heterocycles. The van der Waals surface area contributed by atoms with E-state index in [1.54, 1.807) is 0 Å². The van der Waals surface area contributed by atoms with Gasteiger partial charge >= 0.3 is 47.8 Å². The summed E-state index contributed by atoms with van der Waals surface area (Å²) in [5.41, 5.74) is -3.22. The zero-order valence-electron chi connectivity index (χ0n) is 62.4. The number of esters is 8. The van der Waals surface area contributed by atoms with Crippen molar-refractivity contribution in [2.45, 2.75) is 385 Å². The summed E-state index contributed by atoms with van der Waals surface area (Å²) in [5.74, 6) is 6.69. The van der Waals surface area contributed by atoms with E-state index < -0.39 is 21.7 Å². The lowest BCUT2D eigenvalue weighted by Crippen LogP contribution is -2.59. The summed E-state index contributed by atoms with van der Waals surface area (Å²) in [4.78, 5) is 98.3. The Balaban J connectivity index is 0.000000676. The second-order valence-electron chi connectivity index (χ2n) is 36.0. The molecule has 15 aliphatic carbocycles. The van der Waals surface area contributed by atoms with Gasteiger partial charge in [0.15, 0.2) is 13.2 Å². The molecule has 15 rings (SSSR count). The van der Waals surface area contributed by atoms with E-state index in [1.807, 2.05) is 83.1 Å². The molecule has 0 radical (unpaired) electrons. The molecule has 0 amide bonds. The van der Waals surface area contributed by atoms with Crippen molar-refractivity contribution in [1.82, 2.24) is 0 Å². The Kier molecular flexibility index (Phi) is 36.6. The van der Waals surface area contributed by atoms with Crippen LogP contribution >= 0.6 is 0 Å². The van der Waals surface area contributed by atoms with E-state index in [4.69, 9.17) is 37.9 Å². The van der Waals surface area contributed by atoms with E-state index >= 15 is 0 Å². The SMILES string of the molecule is C.C.C.C.C.C.C.C.CCC(C)(C)C(=O)OCC(=O)OC1(C)C2CC3CC(C2)CC1C3.CCC(C)(C)C(=O)OCC(=O)OC1(CC)C2CC3CC(C2)CC1C3.CCC(C)(C)C(=O)OCCC(=O)OC1(C)C2CC3CC(C2)CC1C3.CCC1(OC(=O)C2CC3CC(OC(=O)C(C)(C)CC)C2C3)CCCC1. The third-order valence-corrected chi connectivity index (χ3v) is 28.3. The normalized spacial score (nSPS) is 33.8. The Morgan fingerprint density at radius 2 is 0.683 bits per heavy atom. The van der Waals surface area contributed by atoms with Crippen LogP contribution in [0.3, 0.4) is 0 Å². The van der Waals surface area contributed by atoms with Crippen LogP contribution in [0.2, 0.25) is 0 Å². The molecule has 0 saturated heterocycles.